The van der Waals surface area contributed by atoms with Crippen LogP contribution in [0.4, 0.5) is 0 Å². The van der Waals surface area contributed by atoms with Crippen molar-refractivity contribution in [3.05, 3.63) is 70.8 Å². The van der Waals surface area contributed by atoms with Crippen molar-refractivity contribution in [1.29, 1.82) is 0 Å². The van der Waals surface area contributed by atoms with Crippen LogP contribution in [0.1, 0.15) is 46.9 Å². The van der Waals surface area contributed by atoms with E-state index in [1.165, 1.54) is 0 Å². The Hall–Kier alpha value is -2.42. The molecule has 1 atom stereocenters. The molecule has 0 aliphatic carbocycles. The zero-order valence-electron chi connectivity index (χ0n) is 13.8. The minimum Gasteiger partial charge on any atom is -0.265 e. The van der Waals surface area contributed by atoms with Crippen LogP contribution < -0.4 is 9.86 Å². The molecule has 25 heavy (non-hydrogen) atoms. The van der Waals surface area contributed by atoms with Gasteiger partial charge in [-0.1, -0.05) is 42.5 Å². The summed E-state index contributed by atoms with van der Waals surface area (Å²) in [5, 5.41) is 12.9. The van der Waals surface area contributed by atoms with Gasteiger partial charge in [-0.25, -0.2) is 5.14 Å². The lowest BCUT2D eigenvalue weighted by Crippen LogP contribution is -2.44. The second-order valence-corrected chi connectivity index (χ2v) is 7.70. The molecule has 3 rings (SSSR count). The first-order valence-corrected chi connectivity index (χ1v) is 9.18. The SMILES string of the molecule is CC(C)(NS(N)(=O)=O)c1ccc(C2N=NC(=O)c3ccccc32)cc1. The number of azo groups is 1. The topological polar surface area (TPSA) is 114 Å². The first-order chi connectivity index (χ1) is 11.7. The van der Waals surface area contributed by atoms with Gasteiger partial charge >= 0.3 is 0 Å². The summed E-state index contributed by atoms with van der Waals surface area (Å²) < 4.78 is 25.0. The summed E-state index contributed by atoms with van der Waals surface area (Å²) in [4.78, 5) is 11.8. The monoisotopic (exact) mass is 358 g/mol. The second-order valence-electron chi connectivity index (χ2n) is 6.40. The molecule has 7 nitrogen and oxygen atoms in total. The molecule has 8 heteroatoms. The van der Waals surface area contributed by atoms with Gasteiger partial charge in [0.25, 0.3) is 16.1 Å². The van der Waals surface area contributed by atoms with Gasteiger partial charge in [-0.3, -0.25) is 4.79 Å². The summed E-state index contributed by atoms with van der Waals surface area (Å²) in [6, 6.07) is 14.2. The van der Waals surface area contributed by atoms with Gasteiger partial charge in [-0.2, -0.15) is 18.3 Å². The summed E-state index contributed by atoms with van der Waals surface area (Å²) >= 11 is 0. The van der Waals surface area contributed by atoms with E-state index >= 15 is 0 Å². The van der Waals surface area contributed by atoms with Crippen LogP contribution in [0.2, 0.25) is 0 Å². The number of nitrogens with zero attached hydrogens (tertiary/aromatic N) is 2. The Morgan fingerprint density at radius 3 is 2.36 bits per heavy atom. The molecule has 0 spiro atoms. The Balaban J connectivity index is 1.94. The smallest absolute Gasteiger partial charge is 0.265 e. The first-order valence-electron chi connectivity index (χ1n) is 7.64. The molecule has 2 aromatic carbocycles. The number of carbonyl (C=O) groups excluding carboxylic acids is 1. The maximum atomic E-state index is 11.8. The number of rotatable bonds is 4. The van der Waals surface area contributed by atoms with Crippen molar-refractivity contribution in [3.8, 4) is 0 Å². The third kappa shape index (κ3) is 3.65. The average molecular weight is 358 g/mol. The van der Waals surface area contributed by atoms with Gasteiger partial charge in [0.15, 0.2) is 0 Å². The molecule has 0 aromatic heterocycles. The number of fused-ring (bicyclic) bond motifs is 1. The van der Waals surface area contributed by atoms with E-state index in [1.807, 2.05) is 36.4 Å². The number of hydrogen-bond acceptors (Lipinski definition) is 4. The molecule has 130 valence electrons. The number of carbonyl (C=O) groups is 1. The third-order valence-electron chi connectivity index (χ3n) is 4.10. The lowest BCUT2D eigenvalue weighted by Gasteiger charge is -2.26. The van der Waals surface area contributed by atoms with Crippen molar-refractivity contribution in [2.75, 3.05) is 0 Å². The highest BCUT2D eigenvalue weighted by Gasteiger charge is 2.27. The highest BCUT2D eigenvalue weighted by molar-refractivity contribution is 7.87. The summed E-state index contributed by atoms with van der Waals surface area (Å²) in [6.45, 7) is 3.45. The predicted octanol–water partition coefficient (Wildman–Crippen LogP) is 2.41. The van der Waals surface area contributed by atoms with E-state index in [1.54, 1.807) is 26.0 Å². The van der Waals surface area contributed by atoms with Gasteiger partial charge in [0.1, 0.15) is 6.04 Å². The number of amides is 1. The molecule has 1 amide bonds. The van der Waals surface area contributed by atoms with E-state index in [0.29, 0.717) is 5.56 Å². The lowest BCUT2D eigenvalue weighted by molar-refractivity contribution is 0.0986. The van der Waals surface area contributed by atoms with Gasteiger partial charge in [0, 0.05) is 5.56 Å². The minimum atomic E-state index is -3.83. The van der Waals surface area contributed by atoms with Crippen molar-refractivity contribution >= 4 is 16.1 Å². The number of hydrogen-bond donors (Lipinski definition) is 2. The summed E-state index contributed by atoms with van der Waals surface area (Å²) in [7, 11) is -3.83. The third-order valence-corrected chi connectivity index (χ3v) is 4.89. The van der Waals surface area contributed by atoms with Gasteiger partial charge < -0.3 is 0 Å². The largest absolute Gasteiger partial charge is 0.295 e. The van der Waals surface area contributed by atoms with Crippen LogP contribution in [0.5, 0.6) is 0 Å². The van der Waals surface area contributed by atoms with Gasteiger partial charge in [-0.15, -0.1) is 5.11 Å². The van der Waals surface area contributed by atoms with E-state index in [2.05, 4.69) is 15.0 Å². The predicted molar refractivity (Wildman–Crippen MR) is 93.2 cm³/mol. The zero-order chi connectivity index (χ0) is 18.2. The maximum absolute atomic E-state index is 11.8. The second kappa shape index (κ2) is 6.14. The van der Waals surface area contributed by atoms with Crippen LogP contribution in [-0.2, 0) is 15.7 Å². The Morgan fingerprint density at radius 1 is 1.08 bits per heavy atom. The van der Waals surface area contributed by atoms with Crippen LogP contribution in [0.15, 0.2) is 58.8 Å². The van der Waals surface area contributed by atoms with Crippen molar-refractivity contribution in [1.82, 2.24) is 4.72 Å². The highest BCUT2D eigenvalue weighted by atomic mass is 32.2. The van der Waals surface area contributed by atoms with Crippen molar-refractivity contribution in [3.63, 3.8) is 0 Å². The van der Waals surface area contributed by atoms with Crippen LogP contribution in [-0.4, -0.2) is 14.3 Å². The Morgan fingerprint density at radius 2 is 1.72 bits per heavy atom. The number of benzene rings is 2. The molecule has 0 saturated carbocycles. The zero-order valence-corrected chi connectivity index (χ0v) is 14.6. The quantitative estimate of drug-likeness (QED) is 0.874. The lowest BCUT2D eigenvalue weighted by atomic mass is 9.90. The summed E-state index contributed by atoms with van der Waals surface area (Å²) in [5.74, 6) is -0.345. The van der Waals surface area contributed by atoms with Crippen LogP contribution in [0, 0.1) is 0 Å². The molecule has 0 radical (unpaired) electrons. The standard InChI is InChI=1S/C17H18N4O3S/c1-17(2,21-25(18,23)24)12-9-7-11(8-10-12)15-13-5-3-4-6-14(13)16(22)20-19-15/h3-10,15,21H,1-2H3,(H2,18,23,24). The van der Waals surface area contributed by atoms with Crippen molar-refractivity contribution < 1.29 is 13.2 Å². The van der Waals surface area contributed by atoms with Crippen molar-refractivity contribution in [2.45, 2.75) is 25.4 Å². The fraction of sp³-hybridized carbons (Fsp3) is 0.235. The van der Waals surface area contributed by atoms with Crippen LogP contribution >= 0.6 is 0 Å². The van der Waals surface area contributed by atoms with Crippen LogP contribution in [0.3, 0.4) is 0 Å². The first kappa shape index (κ1) is 17.4. The van der Waals surface area contributed by atoms with Gasteiger partial charge in [-0.05, 0) is 36.6 Å². The molecule has 3 N–H and O–H groups in total. The molecule has 1 aliphatic heterocycles. The molecular weight excluding hydrogens is 340 g/mol. The molecule has 0 bridgehead atoms. The van der Waals surface area contributed by atoms with Crippen LogP contribution in [0.25, 0.3) is 0 Å². The summed E-state index contributed by atoms with van der Waals surface area (Å²) in [6.07, 6.45) is 0. The molecule has 1 aliphatic rings. The average Bonchev–Trinajstić information content (AvgIpc) is 2.53. The van der Waals surface area contributed by atoms with E-state index in [9.17, 15) is 13.2 Å². The highest BCUT2D eigenvalue weighted by Crippen LogP contribution is 2.33. The molecular formula is C17H18N4O3S. The molecule has 1 heterocycles. The molecule has 1 unspecified atom stereocenters. The van der Waals surface area contributed by atoms with E-state index in [4.69, 9.17) is 5.14 Å². The number of nitrogens with two attached hydrogens (primary N) is 1. The van der Waals surface area contributed by atoms with Gasteiger partial charge in [0.05, 0.1) is 5.54 Å². The minimum absolute atomic E-state index is 0.345. The Kier molecular flexibility index (Phi) is 4.28. The summed E-state index contributed by atoms with van der Waals surface area (Å²) in [5.41, 5.74) is 2.11. The normalized spacial score (nSPS) is 17.4. The fourth-order valence-corrected chi connectivity index (χ4v) is 3.73. The van der Waals surface area contributed by atoms with Gasteiger partial charge in [0.2, 0.25) is 0 Å². The Bertz CT molecular complexity index is 950. The van der Waals surface area contributed by atoms with E-state index < -0.39 is 15.7 Å². The van der Waals surface area contributed by atoms with Crippen molar-refractivity contribution in [2.24, 2.45) is 15.4 Å². The molecule has 0 fully saturated rings. The maximum Gasteiger partial charge on any atom is 0.295 e. The number of nitrogens with one attached hydrogen (secondary N) is 1. The Labute approximate surface area is 146 Å². The van der Waals surface area contributed by atoms with E-state index in [-0.39, 0.29) is 11.9 Å². The fourth-order valence-electron chi connectivity index (χ4n) is 2.90. The van der Waals surface area contributed by atoms with E-state index in [0.717, 1.165) is 16.7 Å². The molecule has 2 aromatic rings. The molecule has 0 saturated heterocycles.